The van der Waals surface area contributed by atoms with Gasteiger partial charge in [0.1, 0.15) is 24.4 Å². The number of amides is 1. The van der Waals surface area contributed by atoms with E-state index >= 15 is 0 Å². The third kappa shape index (κ3) is 34.6. The summed E-state index contributed by atoms with van der Waals surface area (Å²) in [5.74, 6) is -0.183. The molecule has 9 nitrogen and oxygen atoms in total. The zero-order chi connectivity index (χ0) is 45.9. The molecule has 1 aliphatic heterocycles. The van der Waals surface area contributed by atoms with Crippen LogP contribution in [0.4, 0.5) is 0 Å². The molecule has 1 amide bonds. The lowest BCUT2D eigenvalue weighted by molar-refractivity contribution is -0.302. The molecule has 0 aromatic rings. The Bertz CT molecular complexity index is 1040. The molecular weight excluding hydrogens is 791 g/mol. The zero-order valence-corrected chi connectivity index (χ0v) is 41.1. The van der Waals surface area contributed by atoms with Gasteiger partial charge >= 0.3 is 0 Å². The van der Waals surface area contributed by atoms with Gasteiger partial charge in [0.25, 0.3) is 0 Å². The number of ether oxygens (including phenoxy) is 2. The van der Waals surface area contributed by atoms with E-state index in [2.05, 4.69) is 31.3 Å². The number of hydrogen-bond donors (Lipinski definition) is 6. The Hall–Kier alpha value is -1.33. The van der Waals surface area contributed by atoms with E-state index in [-0.39, 0.29) is 12.5 Å². The smallest absolute Gasteiger partial charge is 0.220 e. The predicted molar refractivity (Wildman–Crippen MR) is 263 cm³/mol. The highest BCUT2D eigenvalue weighted by atomic mass is 16.7. The van der Waals surface area contributed by atoms with E-state index in [1.807, 2.05) is 6.08 Å². The van der Waals surface area contributed by atoms with Gasteiger partial charge in [-0.2, -0.15) is 0 Å². The van der Waals surface area contributed by atoms with Crippen LogP contribution in [0.5, 0.6) is 0 Å². The summed E-state index contributed by atoms with van der Waals surface area (Å²) in [5, 5.41) is 54.2. The number of nitrogens with one attached hydrogen (secondary N) is 1. The van der Waals surface area contributed by atoms with Crippen molar-refractivity contribution in [1.29, 1.82) is 0 Å². The van der Waals surface area contributed by atoms with Crippen molar-refractivity contribution < 1.29 is 39.8 Å². The van der Waals surface area contributed by atoms with Crippen molar-refractivity contribution in [1.82, 2.24) is 5.32 Å². The quantitative estimate of drug-likeness (QED) is 0.0261. The molecule has 1 saturated heterocycles. The molecule has 63 heavy (non-hydrogen) atoms. The molecule has 372 valence electrons. The van der Waals surface area contributed by atoms with Crippen LogP contribution in [0.25, 0.3) is 0 Å². The number of carbonyl (C=O) groups is 1. The van der Waals surface area contributed by atoms with Crippen molar-refractivity contribution in [3.63, 3.8) is 0 Å². The van der Waals surface area contributed by atoms with Crippen LogP contribution in [0.2, 0.25) is 0 Å². The van der Waals surface area contributed by atoms with Gasteiger partial charge in [0.05, 0.1) is 25.4 Å². The van der Waals surface area contributed by atoms with Crippen molar-refractivity contribution >= 4 is 5.91 Å². The fraction of sp³-hybridized carbons (Fsp3) is 0.907. The van der Waals surface area contributed by atoms with Crippen LogP contribution < -0.4 is 5.32 Å². The molecule has 0 aliphatic carbocycles. The summed E-state index contributed by atoms with van der Waals surface area (Å²) in [5.41, 5.74) is 0. The maximum absolute atomic E-state index is 13.0. The molecule has 0 spiro atoms. The van der Waals surface area contributed by atoms with Gasteiger partial charge in [-0.15, -0.1) is 0 Å². The topological polar surface area (TPSA) is 149 Å². The van der Waals surface area contributed by atoms with Crippen LogP contribution in [-0.2, 0) is 14.3 Å². The predicted octanol–water partition coefficient (Wildman–Crippen LogP) is 12.6. The third-order valence-corrected chi connectivity index (χ3v) is 13.0. The Balaban J connectivity index is 2.16. The lowest BCUT2D eigenvalue weighted by atomic mass is 9.99. The summed E-state index contributed by atoms with van der Waals surface area (Å²) in [6, 6.07) is -0.817. The fourth-order valence-corrected chi connectivity index (χ4v) is 8.70. The molecule has 9 heteroatoms. The Morgan fingerprint density at radius 2 is 0.905 bits per heavy atom. The first kappa shape index (κ1) is 59.7. The molecule has 7 unspecified atom stereocenters. The van der Waals surface area contributed by atoms with E-state index in [9.17, 15) is 30.3 Å². The molecule has 1 fully saturated rings. The highest BCUT2D eigenvalue weighted by Crippen LogP contribution is 2.23. The monoisotopic (exact) mass is 894 g/mol. The van der Waals surface area contributed by atoms with Crippen molar-refractivity contribution in [3.8, 4) is 0 Å². The summed E-state index contributed by atoms with van der Waals surface area (Å²) < 4.78 is 11.2. The summed E-state index contributed by atoms with van der Waals surface area (Å²) >= 11 is 0. The highest BCUT2D eigenvalue weighted by molar-refractivity contribution is 5.76. The average Bonchev–Trinajstić information content (AvgIpc) is 3.28. The van der Waals surface area contributed by atoms with Gasteiger partial charge in [-0.05, 0) is 32.1 Å². The Kier molecular flexibility index (Phi) is 42.2. The molecule has 0 aromatic carbocycles. The maximum Gasteiger partial charge on any atom is 0.220 e. The van der Waals surface area contributed by atoms with Crippen LogP contribution in [0, 0.1) is 0 Å². The molecule has 7 atom stereocenters. The lowest BCUT2D eigenvalue weighted by Crippen LogP contribution is -2.60. The van der Waals surface area contributed by atoms with Crippen LogP contribution in [0.3, 0.4) is 0 Å². The summed E-state index contributed by atoms with van der Waals surface area (Å²) in [4.78, 5) is 13.0. The van der Waals surface area contributed by atoms with Crippen molar-refractivity contribution in [2.24, 2.45) is 0 Å². The number of aliphatic hydroxyl groups excluding tert-OH is 5. The molecular formula is C54H103NO8. The molecule has 0 saturated carbocycles. The summed E-state index contributed by atoms with van der Waals surface area (Å²) in [6.07, 6.45) is 48.3. The molecule has 0 radical (unpaired) electrons. The van der Waals surface area contributed by atoms with Crippen LogP contribution in [-0.4, -0.2) is 87.5 Å². The second-order valence-corrected chi connectivity index (χ2v) is 19.0. The van der Waals surface area contributed by atoms with Crippen LogP contribution >= 0.6 is 0 Å². The second kappa shape index (κ2) is 44.5. The van der Waals surface area contributed by atoms with Crippen molar-refractivity contribution in [2.45, 2.75) is 301 Å². The van der Waals surface area contributed by atoms with Gasteiger partial charge in [-0.3, -0.25) is 4.79 Å². The number of hydrogen-bond acceptors (Lipinski definition) is 8. The van der Waals surface area contributed by atoms with Gasteiger partial charge in [0.2, 0.25) is 5.91 Å². The largest absolute Gasteiger partial charge is 0.394 e. The normalized spacial score (nSPS) is 20.3. The first-order chi connectivity index (χ1) is 30.8. The molecule has 0 bridgehead atoms. The summed E-state index contributed by atoms with van der Waals surface area (Å²) in [6.45, 7) is 3.76. The molecule has 1 aliphatic rings. The van der Waals surface area contributed by atoms with Gasteiger partial charge < -0.3 is 40.3 Å². The first-order valence-electron chi connectivity index (χ1n) is 27.1. The number of allylic oxidation sites excluding steroid dienone is 3. The first-order valence-corrected chi connectivity index (χ1v) is 27.1. The summed E-state index contributed by atoms with van der Waals surface area (Å²) in [7, 11) is 0. The van der Waals surface area contributed by atoms with Gasteiger partial charge in [0, 0.05) is 6.42 Å². The second-order valence-electron chi connectivity index (χ2n) is 19.0. The fourth-order valence-electron chi connectivity index (χ4n) is 8.70. The van der Waals surface area contributed by atoms with E-state index in [4.69, 9.17) is 9.47 Å². The van der Waals surface area contributed by atoms with E-state index in [0.717, 1.165) is 38.5 Å². The number of rotatable bonds is 46. The minimum atomic E-state index is -1.57. The maximum atomic E-state index is 13.0. The number of carbonyl (C=O) groups excluding carboxylic acids is 1. The van der Waals surface area contributed by atoms with Crippen LogP contribution in [0.1, 0.15) is 258 Å². The highest BCUT2D eigenvalue weighted by Gasteiger charge is 2.44. The third-order valence-electron chi connectivity index (χ3n) is 13.0. The van der Waals surface area contributed by atoms with E-state index in [1.165, 1.54) is 199 Å². The Morgan fingerprint density at radius 1 is 0.524 bits per heavy atom. The van der Waals surface area contributed by atoms with E-state index < -0.39 is 49.5 Å². The molecule has 0 aromatic heterocycles. The lowest BCUT2D eigenvalue weighted by Gasteiger charge is -2.40. The van der Waals surface area contributed by atoms with E-state index in [1.54, 1.807) is 6.08 Å². The van der Waals surface area contributed by atoms with Crippen LogP contribution in [0.15, 0.2) is 24.3 Å². The standard InChI is InChI=1S/C54H103NO8/c1-3-5-7-9-11-13-15-17-18-19-20-21-22-23-24-25-26-27-28-29-30-31-32-34-36-38-40-42-44-50(58)55-47(46-62-54-53(61)52(60)51(59)49(45-56)63-54)48(57)43-41-39-37-35-33-16-14-12-10-8-6-4-2/h33,35,41,43,47-49,51-54,56-57,59-61H,3-32,34,36-40,42,44-46H2,1-2H3,(H,55,58)/b35-33+,43-41+. The Labute approximate surface area is 388 Å². The van der Waals surface area contributed by atoms with E-state index in [0.29, 0.717) is 6.42 Å². The Morgan fingerprint density at radius 3 is 1.33 bits per heavy atom. The minimum Gasteiger partial charge on any atom is -0.394 e. The van der Waals surface area contributed by atoms with Gasteiger partial charge in [0.15, 0.2) is 6.29 Å². The number of unbranched alkanes of at least 4 members (excludes halogenated alkanes) is 34. The van der Waals surface area contributed by atoms with Crippen molar-refractivity contribution in [3.05, 3.63) is 24.3 Å². The molecule has 1 heterocycles. The SMILES string of the molecule is CCCCCCCC/C=C/CC/C=C/C(O)C(COC1OC(CO)C(O)C(O)C1O)NC(=O)CCCCCCCCCCCCCCCCCCCCCCCCCCCCCC. The number of aliphatic hydroxyl groups is 5. The average molecular weight is 894 g/mol. The molecule has 1 rings (SSSR count). The van der Waals surface area contributed by atoms with Gasteiger partial charge in [-0.1, -0.05) is 244 Å². The molecule has 6 N–H and O–H groups in total. The van der Waals surface area contributed by atoms with Crippen molar-refractivity contribution in [2.75, 3.05) is 13.2 Å². The van der Waals surface area contributed by atoms with Gasteiger partial charge in [-0.25, -0.2) is 0 Å². The zero-order valence-electron chi connectivity index (χ0n) is 41.1. The minimum absolute atomic E-state index is 0.183.